The summed E-state index contributed by atoms with van der Waals surface area (Å²) in [6.45, 7) is 0.765. The summed E-state index contributed by atoms with van der Waals surface area (Å²) in [5, 5.41) is 30.8. The van der Waals surface area contributed by atoms with Gasteiger partial charge in [-0.3, -0.25) is 4.98 Å². The normalized spacial score (nSPS) is 13.4. The van der Waals surface area contributed by atoms with Gasteiger partial charge in [0.2, 0.25) is 5.89 Å². The smallest absolute Gasteiger partial charge is 0.226 e. The van der Waals surface area contributed by atoms with Crippen molar-refractivity contribution in [3.63, 3.8) is 0 Å². The number of rotatable bonds is 6. The molecule has 1 fully saturated rings. The Morgan fingerprint density at radius 1 is 1.18 bits per heavy atom. The summed E-state index contributed by atoms with van der Waals surface area (Å²) in [5.74, 6) is 1.34. The number of hydrogen-bond donors (Lipinski definition) is 1. The van der Waals surface area contributed by atoms with Gasteiger partial charge in [-0.2, -0.15) is 10.5 Å². The lowest BCUT2D eigenvalue weighted by Crippen LogP contribution is -2.51. The van der Waals surface area contributed by atoms with E-state index >= 15 is 0 Å². The monoisotopic (exact) mass is 506 g/mol. The Balaban J connectivity index is 1.50. The summed E-state index contributed by atoms with van der Waals surface area (Å²) < 4.78 is 5.62. The Morgan fingerprint density at radius 3 is 2.59 bits per heavy atom. The van der Waals surface area contributed by atoms with Crippen LogP contribution < -0.4 is 4.90 Å². The molecule has 1 aliphatic heterocycles. The van der Waals surface area contributed by atoms with Crippen LogP contribution in [0.15, 0.2) is 51.7 Å². The Morgan fingerprint density at radius 2 is 1.94 bits per heavy atom. The molecule has 8 nitrogen and oxygen atoms in total. The SMILES string of the molecule is N#Cc1c(SCc2coc(-c3ccc(Cl)cc3)n2)nc(N2CC(O)C2)c(C#N)c1-c1cncs1. The summed E-state index contributed by atoms with van der Waals surface area (Å²) in [6.07, 6.45) is 2.75. The molecule has 168 valence electrons. The van der Waals surface area contributed by atoms with Crippen LogP contribution >= 0.6 is 34.7 Å². The van der Waals surface area contributed by atoms with Gasteiger partial charge in [0.05, 0.1) is 27.7 Å². The first-order chi connectivity index (χ1) is 16.6. The summed E-state index contributed by atoms with van der Waals surface area (Å²) in [5.41, 5.74) is 4.29. The molecule has 0 unspecified atom stereocenters. The van der Waals surface area contributed by atoms with Crippen molar-refractivity contribution in [1.82, 2.24) is 15.0 Å². The van der Waals surface area contributed by atoms with E-state index in [9.17, 15) is 15.6 Å². The van der Waals surface area contributed by atoms with Crippen molar-refractivity contribution in [3.8, 4) is 34.0 Å². The van der Waals surface area contributed by atoms with E-state index in [4.69, 9.17) is 16.0 Å². The van der Waals surface area contributed by atoms with E-state index in [-0.39, 0.29) is 0 Å². The molecule has 34 heavy (non-hydrogen) atoms. The fourth-order valence-electron chi connectivity index (χ4n) is 3.55. The van der Waals surface area contributed by atoms with E-state index in [2.05, 4.69) is 27.1 Å². The maximum atomic E-state index is 10.0. The molecule has 11 heteroatoms. The summed E-state index contributed by atoms with van der Waals surface area (Å²) >= 11 is 8.64. The molecule has 4 aromatic rings. The number of benzene rings is 1. The number of β-amino-alcohol motifs (C(OH)–C–C–N with tert-alkyl or cyclic N) is 1. The minimum Gasteiger partial charge on any atom is -0.444 e. The molecule has 0 bridgehead atoms. The Labute approximate surface area is 208 Å². The van der Waals surface area contributed by atoms with Crippen LogP contribution in [-0.2, 0) is 5.75 Å². The Bertz CT molecular complexity index is 1420. The highest BCUT2D eigenvalue weighted by Crippen LogP contribution is 2.40. The van der Waals surface area contributed by atoms with Crippen LogP contribution in [0, 0.1) is 22.7 Å². The molecule has 0 spiro atoms. The van der Waals surface area contributed by atoms with Gasteiger partial charge < -0.3 is 14.4 Å². The van der Waals surface area contributed by atoms with Gasteiger partial charge in [0, 0.05) is 41.2 Å². The number of oxazole rings is 1. The molecule has 0 atom stereocenters. The maximum absolute atomic E-state index is 10.0. The molecule has 0 aliphatic carbocycles. The number of aromatic nitrogens is 3. The molecular weight excluding hydrogens is 492 g/mol. The number of nitriles is 2. The van der Waals surface area contributed by atoms with Crippen LogP contribution in [0.4, 0.5) is 5.82 Å². The number of nitrogens with zero attached hydrogens (tertiary/aromatic N) is 6. The van der Waals surface area contributed by atoms with Gasteiger partial charge in [-0.05, 0) is 24.3 Å². The van der Waals surface area contributed by atoms with E-state index in [0.29, 0.717) is 67.9 Å². The van der Waals surface area contributed by atoms with Crippen molar-refractivity contribution in [3.05, 3.63) is 64.1 Å². The molecular formula is C23H15ClN6O2S2. The minimum absolute atomic E-state index is 0.309. The van der Waals surface area contributed by atoms with Crippen molar-refractivity contribution in [2.75, 3.05) is 18.0 Å². The van der Waals surface area contributed by atoms with Gasteiger partial charge >= 0.3 is 0 Å². The van der Waals surface area contributed by atoms with E-state index in [0.717, 1.165) is 5.56 Å². The number of aliphatic hydroxyl groups excluding tert-OH is 1. The highest BCUT2D eigenvalue weighted by atomic mass is 35.5. The molecule has 4 heterocycles. The summed E-state index contributed by atoms with van der Waals surface area (Å²) in [6, 6.07) is 11.6. The standard InChI is InChI=1S/C23H15ClN6O2S2/c24-14-3-1-13(2-4-14)22-28-15(10-32-22)11-33-23-18(6-26)20(19-7-27-12-34-19)17(5-25)21(29-23)30-8-16(31)9-30/h1-4,7,10,12,16,31H,8-9,11H2. The predicted octanol–water partition coefficient (Wildman–Crippen LogP) is 4.73. The van der Waals surface area contributed by atoms with Gasteiger partial charge in [0.15, 0.2) is 0 Å². The number of halogens is 1. The van der Waals surface area contributed by atoms with Gasteiger partial charge in [0.1, 0.15) is 34.8 Å². The topological polar surface area (TPSA) is 123 Å². The van der Waals surface area contributed by atoms with Crippen LogP contribution in [0.1, 0.15) is 16.8 Å². The Hall–Kier alpha value is -3.41. The molecule has 0 radical (unpaired) electrons. The predicted molar refractivity (Wildman–Crippen MR) is 130 cm³/mol. The van der Waals surface area contributed by atoms with Crippen LogP contribution in [-0.4, -0.2) is 39.3 Å². The lowest BCUT2D eigenvalue weighted by Gasteiger charge is -2.37. The van der Waals surface area contributed by atoms with Crippen molar-refractivity contribution in [2.45, 2.75) is 16.9 Å². The highest BCUT2D eigenvalue weighted by molar-refractivity contribution is 7.98. The molecule has 0 amide bonds. The number of pyridine rings is 1. The molecule has 0 saturated carbocycles. The van der Waals surface area contributed by atoms with Gasteiger partial charge in [-0.25, -0.2) is 9.97 Å². The van der Waals surface area contributed by atoms with Gasteiger partial charge in [-0.1, -0.05) is 23.4 Å². The molecule has 1 aliphatic rings. The van der Waals surface area contributed by atoms with Crippen LogP contribution in [0.2, 0.25) is 5.02 Å². The fraction of sp³-hybridized carbons (Fsp3) is 0.174. The third kappa shape index (κ3) is 4.25. The quantitative estimate of drug-likeness (QED) is 0.369. The summed E-state index contributed by atoms with van der Waals surface area (Å²) in [7, 11) is 0. The van der Waals surface area contributed by atoms with Crippen molar-refractivity contribution >= 4 is 40.5 Å². The van der Waals surface area contributed by atoms with E-state index in [1.54, 1.807) is 30.1 Å². The average molecular weight is 507 g/mol. The largest absolute Gasteiger partial charge is 0.444 e. The highest BCUT2D eigenvalue weighted by Gasteiger charge is 2.31. The molecule has 3 aromatic heterocycles. The first kappa shape index (κ1) is 22.4. The number of anilines is 1. The average Bonchev–Trinajstić information content (AvgIpc) is 3.52. The van der Waals surface area contributed by atoms with Crippen molar-refractivity contribution in [1.29, 1.82) is 10.5 Å². The lowest BCUT2D eigenvalue weighted by molar-refractivity contribution is 0.141. The van der Waals surface area contributed by atoms with Crippen molar-refractivity contribution in [2.24, 2.45) is 0 Å². The molecule has 1 saturated heterocycles. The second-order valence-electron chi connectivity index (χ2n) is 7.45. The number of hydrogen-bond acceptors (Lipinski definition) is 10. The third-order valence-electron chi connectivity index (χ3n) is 5.21. The van der Waals surface area contributed by atoms with Gasteiger partial charge in [0.25, 0.3) is 0 Å². The molecule has 1 N–H and O–H groups in total. The van der Waals surface area contributed by atoms with Crippen molar-refractivity contribution < 1.29 is 9.52 Å². The van der Waals surface area contributed by atoms with E-state index < -0.39 is 6.10 Å². The zero-order valence-corrected chi connectivity index (χ0v) is 19.9. The fourth-order valence-corrected chi connectivity index (χ4v) is 5.21. The van der Waals surface area contributed by atoms with Crippen LogP contribution in [0.25, 0.3) is 21.9 Å². The number of thiazole rings is 1. The first-order valence-corrected chi connectivity index (χ1v) is 12.3. The Kier molecular flexibility index (Phi) is 6.22. The minimum atomic E-state index is -0.464. The zero-order chi connectivity index (χ0) is 23.7. The lowest BCUT2D eigenvalue weighted by atomic mass is 10.0. The molecule has 1 aromatic carbocycles. The maximum Gasteiger partial charge on any atom is 0.226 e. The van der Waals surface area contributed by atoms with Crippen LogP contribution in [0.5, 0.6) is 0 Å². The molecule has 5 rings (SSSR count). The second kappa shape index (κ2) is 9.45. The van der Waals surface area contributed by atoms with Crippen LogP contribution in [0.3, 0.4) is 0 Å². The van der Waals surface area contributed by atoms with E-state index in [1.165, 1.54) is 23.1 Å². The number of aliphatic hydroxyl groups is 1. The zero-order valence-electron chi connectivity index (χ0n) is 17.5. The van der Waals surface area contributed by atoms with Gasteiger partial charge in [-0.15, -0.1) is 11.3 Å². The first-order valence-electron chi connectivity index (χ1n) is 10.1. The number of thioether (sulfide) groups is 1. The second-order valence-corrected chi connectivity index (χ2v) is 9.74. The van der Waals surface area contributed by atoms with E-state index in [1.807, 2.05) is 17.0 Å². The third-order valence-corrected chi connectivity index (χ3v) is 7.26. The summed E-state index contributed by atoms with van der Waals surface area (Å²) in [4.78, 5) is 15.9.